The summed E-state index contributed by atoms with van der Waals surface area (Å²) in [6, 6.07) is 10.9. The summed E-state index contributed by atoms with van der Waals surface area (Å²) in [4.78, 5) is 32.2. The summed E-state index contributed by atoms with van der Waals surface area (Å²) in [5.74, 6) is 0.803. The normalized spacial score (nSPS) is 15.9. The molecule has 1 fully saturated rings. The lowest BCUT2D eigenvalue weighted by atomic mass is 10.1. The predicted octanol–water partition coefficient (Wildman–Crippen LogP) is 2.67. The number of fused-ring (bicyclic) bond motifs is 1. The first-order valence-corrected chi connectivity index (χ1v) is 10.6. The Morgan fingerprint density at radius 2 is 1.97 bits per heavy atom. The van der Waals surface area contributed by atoms with E-state index in [0.29, 0.717) is 24.3 Å². The smallest absolute Gasteiger partial charge is 0.294 e. The van der Waals surface area contributed by atoms with Gasteiger partial charge < -0.3 is 14.2 Å². The lowest BCUT2D eigenvalue weighted by Gasteiger charge is -2.34. The molecule has 0 aliphatic carbocycles. The highest BCUT2D eigenvalue weighted by Crippen LogP contribution is 2.27. The van der Waals surface area contributed by atoms with Gasteiger partial charge in [-0.05, 0) is 29.3 Å². The maximum Gasteiger partial charge on any atom is 0.294 e. The van der Waals surface area contributed by atoms with Gasteiger partial charge in [-0.15, -0.1) is 0 Å². The van der Waals surface area contributed by atoms with Crippen molar-refractivity contribution in [3.63, 3.8) is 0 Å². The summed E-state index contributed by atoms with van der Waals surface area (Å²) in [6.07, 6.45) is 5.64. The molecule has 0 unspecified atom stereocenters. The Morgan fingerprint density at radius 1 is 1.12 bits per heavy atom. The third kappa shape index (κ3) is 3.94. The van der Waals surface area contributed by atoms with Crippen LogP contribution in [0.15, 0.2) is 55.1 Å². The third-order valence-corrected chi connectivity index (χ3v) is 6.02. The van der Waals surface area contributed by atoms with E-state index in [2.05, 4.69) is 22.0 Å². The predicted molar refractivity (Wildman–Crippen MR) is 117 cm³/mol. The van der Waals surface area contributed by atoms with Crippen LogP contribution in [0.3, 0.4) is 0 Å². The van der Waals surface area contributed by atoms with E-state index >= 15 is 0 Å². The van der Waals surface area contributed by atoms with Crippen LogP contribution in [-0.4, -0.2) is 63.0 Å². The van der Waals surface area contributed by atoms with Crippen LogP contribution in [0.5, 0.6) is 5.75 Å². The zero-order valence-corrected chi connectivity index (χ0v) is 17.5. The average Bonchev–Trinajstić information content (AvgIpc) is 3.50. The van der Waals surface area contributed by atoms with E-state index in [1.807, 2.05) is 6.07 Å². The number of carbonyl (C=O) groups is 1. The standard InChI is InChI=1S/C23H23N5O4/c29-23(19-2-3-20(21(14-19)28(30)31)27-7-6-24-16-27)26-10-8-25(9-11-26)15-17-1-4-22-18(13-17)5-12-32-22/h1-4,6-7,13-14,16H,5,8-12,15H2. The van der Waals surface area contributed by atoms with Gasteiger partial charge in [-0.3, -0.25) is 19.8 Å². The summed E-state index contributed by atoms with van der Waals surface area (Å²) in [5, 5.41) is 11.6. The zero-order valence-electron chi connectivity index (χ0n) is 17.5. The fourth-order valence-electron chi connectivity index (χ4n) is 4.31. The fraction of sp³-hybridized carbons (Fsp3) is 0.304. The quantitative estimate of drug-likeness (QED) is 0.454. The summed E-state index contributed by atoms with van der Waals surface area (Å²) in [6.45, 7) is 4.28. The highest BCUT2D eigenvalue weighted by atomic mass is 16.6. The minimum absolute atomic E-state index is 0.118. The van der Waals surface area contributed by atoms with Gasteiger partial charge in [0.15, 0.2) is 0 Å². The van der Waals surface area contributed by atoms with E-state index in [-0.39, 0.29) is 11.6 Å². The van der Waals surface area contributed by atoms with E-state index in [1.54, 1.807) is 34.0 Å². The number of ether oxygens (including phenoxy) is 1. The number of amides is 1. The van der Waals surface area contributed by atoms with Crippen LogP contribution in [0.2, 0.25) is 0 Å². The summed E-state index contributed by atoms with van der Waals surface area (Å²) in [5.41, 5.74) is 3.10. The van der Waals surface area contributed by atoms with Gasteiger partial charge in [-0.1, -0.05) is 12.1 Å². The average molecular weight is 433 g/mol. The van der Waals surface area contributed by atoms with E-state index in [4.69, 9.17) is 4.74 Å². The van der Waals surface area contributed by atoms with Gasteiger partial charge in [0.25, 0.3) is 11.6 Å². The molecule has 0 spiro atoms. The molecule has 164 valence electrons. The molecule has 9 heteroatoms. The second kappa shape index (κ2) is 8.43. The number of imidazole rings is 1. The van der Waals surface area contributed by atoms with E-state index < -0.39 is 4.92 Å². The molecule has 2 aliphatic rings. The molecule has 5 rings (SSSR count). The molecule has 0 bridgehead atoms. The molecule has 0 atom stereocenters. The maximum absolute atomic E-state index is 13.0. The van der Waals surface area contributed by atoms with Crippen molar-refractivity contribution in [2.75, 3.05) is 32.8 Å². The molecule has 0 radical (unpaired) electrons. The van der Waals surface area contributed by atoms with Crippen molar-refractivity contribution < 1.29 is 14.5 Å². The van der Waals surface area contributed by atoms with Crippen LogP contribution in [0, 0.1) is 10.1 Å². The Balaban J connectivity index is 1.24. The molecule has 32 heavy (non-hydrogen) atoms. The third-order valence-electron chi connectivity index (χ3n) is 6.02. The van der Waals surface area contributed by atoms with Crippen LogP contribution < -0.4 is 4.74 Å². The lowest BCUT2D eigenvalue weighted by molar-refractivity contribution is -0.384. The van der Waals surface area contributed by atoms with E-state index in [1.165, 1.54) is 23.5 Å². The Hall–Kier alpha value is -3.72. The SMILES string of the molecule is O=C(c1ccc(-n2ccnc2)c([N+](=O)[O-])c1)N1CCN(Cc2ccc3c(c2)CCO3)CC1. The van der Waals surface area contributed by atoms with Crippen LogP contribution >= 0.6 is 0 Å². The molecular weight excluding hydrogens is 410 g/mol. The molecule has 0 N–H and O–H groups in total. The van der Waals surface area contributed by atoms with Crippen LogP contribution in [0.4, 0.5) is 5.69 Å². The molecule has 3 heterocycles. The number of hydrogen-bond acceptors (Lipinski definition) is 6. The number of nitro groups is 1. The van der Waals surface area contributed by atoms with Crippen LogP contribution in [-0.2, 0) is 13.0 Å². The first-order valence-electron chi connectivity index (χ1n) is 10.6. The molecule has 0 saturated carbocycles. The first kappa shape index (κ1) is 20.2. The fourth-order valence-corrected chi connectivity index (χ4v) is 4.31. The van der Waals surface area contributed by atoms with Crippen molar-refractivity contribution in [3.8, 4) is 11.4 Å². The van der Waals surface area contributed by atoms with E-state index in [9.17, 15) is 14.9 Å². The molecule has 2 aliphatic heterocycles. The second-order valence-electron chi connectivity index (χ2n) is 8.04. The second-order valence-corrected chi connectivity index (χ2v) is 8.04. The van der Waals surface area contributed by atoms with Gasteiger partial charge in [0.1, 0.15) is 11.4 Å². The molecule has 1 saturated heterocycles. The summed E-state index contributed by atoms with van der Waals surface area (Å²) < 4.78 is 7.14. The van der Waals surface area contributed by atoms with Gasteiger partial charge in [0, 0.05) is 63.2 Å². The van der Waals surface area contributed by atoms with Crippen LogP contribution in [0.25, 0.3) is 5.69 Å². The number of nitrogens with zero attached hydrogens (tertiary/aromatic N) is 5. The minimum Gasteiger partial charge on any atom is -0.493 e. The monoisotopic (exact) mass is 433 g/mol. The number of aromatic nitrogens is 2. The summed E-state index contributed by atoms with van der Waals surface area (Å²) >= 11 is 0. The minimum atomic E-state index is -0.467. The Kier molecular flexibility index (Phi) is 5.32. The summed E-state index contributed by atoms with van der Waals surface area (Å²) in [7, 11) is 0. The number of nitro benzene ring substituents is 1. The molecule has 2 aromatic carbocycles. The van der Waals surface area contributed by atoms with Gasteiger partial charge in [0.05, 0.1) is 17.9 Å². The number of piperazine rings is 1. The largest absolute Gasteiger partial charge is 0.493 e. The van der Waals surface area contributed by atoms with Crippen molar-refractivity contribution in [3.05, 3.63) is 81.9 Å². The van der Waals surface area contributed by atoms with Gasteiger partial charge in [-0.25, -0.2) is 4.98 Å². The highest BCUT2D eigenvalue weighted by Gasteiger charge is 2.25. The molecule has 1 amide bonds. The van der Waals surface area contributed by atoms with Crippen molar-refractivity contribution >= 4 is 11.6 Å². The van der Waals surface area contributed by atoms with E-state index in [0.717, 1.165) is 38.4 Å². The maximum atomic E-state index is 13.0. The van der Waals surface area contributed by atoms with Crippen molar-refractivity contribution in [2.45, 2.75) is 13.0 Å². The lowest BCUT2D eigenvalue weighted by Crippen LogP contribution is -2.48. The van der Waals surface area contributed by atoms with Gasteiger partial charge in [-0.2, -0.15) is 0 Å². The van der Waals surface area contributed by atoms with Gasteiger partial charge in [0.2, 0.25) is 0 Å². The van der Waals surface area contributed by atoms with Crippen LogP contribution in [0.1, 0.15) is 21.5 Å². The number of benzene rings is 2. The first-order chi connectivity index (χ1) is 15.6. The molecular formula is C23H23N5O4. The number of carbonyl (C=O) groups excluding carboxylic acids is 1. The zero-order chi connectivity index (χ0) is 22.1. The number of rotatable bonds is 5. The number of hydrogen-bond donors (Lipinski definition) is 0. The molecule has 9 nitrogen and oxygen atoms in total. The van der Waals surface area contributed by atoms with Crippen molar-refractivity contribution in [2.24, 2.45) is 0 Å². The molecule has 3 aromatic rings. The topological polar surface area (TPSA) is 93.7 Å². The van der Waals surface area contributed by atoms with Crippen molar-refractivity contribution in [1.82, 2.24) is 19.4 Å². The Bertz CT molecular complexity index is 1150. The highest BCUT2D eigenvalue weighted by molar-refractivity contribution is 5.95. The van der Waals surface area contributed by atoms with Gasteiger partial charge >= 0.3 is 0 Å². The molecule has 1 aromatic heterocycles. The Morgan fingerprint density at radius 3 is 2.72 bits per heavy atom. The Labute approximate surface area is 185 Å². The van der Waals surface area contributed by atoms with Crippen molar-refractivity contribution in [1.29, 1.82) is 0 Å².